The largest absolute Gasteiger partial charge is 0.490 e. The van der Waals surface area contributed by atoms with Crippen LogP contribution >= 0.6 is 11.6 Å². The molecular formula is C23H28ClN3O. The molecule has 1 saturated heterocycles. The monoisotopic (exact) mass is 397 g/mol. The molecule has 1 aliphatic heterocycles. The van der Waals surface area contributed by atoms with Crippen molar-refractivity contribution in [2.75, 3.05) is 39.3 Å². The predicted molar refractivity (Wildman–Crippen MR) is 117 cm³/mol. The van der Waals surface area contributed by atoms with Crippen molar-refractivity contribution in [2.24, 2.45) is 0 Å². The molecule has 5 heteroatoms. The SMILES string of the molecule is Clc1ccccc1OCCn1cc(CCCN2CCNCC2)c2ccccc21. The molecule has 3 aromatic rings. The fraction of sp³-hybridized carbons (Fsp3) is 0.391. The van der Waals surface area contributed by atoms with Gasteiger partial charge in [0.05, 0.1) is 11.6 Å². The summed E-state index contributed by atoms with van der Waals surface area (Å²) in [6.45, 7) is 7.15. The normalized spacial score (nSPS) is 15.2. The van der Waals surface area contributed by atoms with Crippen LogP contribution in [0, 0.1) is 0 Å². The van der Waals surface area contributed by atoms with Crippen LogP contribution in [0.5, 0.6) is 5.75 Å². The number of fused-ring (bicyclic) bond motifs is 1. The molecule has 1 aromatic heterocycles. The van der Waals surface area contributed by atoms with Crippen LogP contribution in [0.2, 0.25) is 5.02 Å². The maximum atomic E-state index is 6.19. The molecule has 28 heavy (non-hydrogen) atoms. The quantitative estimate of drug-likeness (QED) is 0.617. The molecule has 0 spiro atoms. The third kappa shape index (κ3) is 4.69. The van der Waals surface area contributed by atoms with E-state index in [0.29, 0.717) is 11.6 Å². The van der Waals surface area contributed by atoms with Crippen LogP contribution in [-0.4, -0.2) is 48.8 Å². The minimum atomic E-state index is 0.600. The van der Waals surface area contributed by atoms with Crippen molar-refractivity contribution in [3.05, 3.63) is 65.3 Å². The van der Waals surface area contributed by atoms with Crippen molar-refractivity contribution < 1.29 is 4.74 Å². The number of ether oxygens (including phenoxy) is 1. The molecule has 0 atom stereocenters. The minimum Gasteiger partial charge on any atom is -0.490 e. The fourth-order valence-electron chi connectivity index (χ4n) is 3.95. The van der Waals surface area contributed by atoms with Gasteiger partial charge in [-0.1, -0.05) is 41.9 Å². The third-order valence-corrected chi connectivity index (χ3v) is 5.74. The molecule has 1 aliphatic rings. The highest BCUT2D eigenvalue weighted by Gasteiger charge is 2.11. The number of rotatable bonds is 8. The summed E-state index contributed by atoms with van der Waals surface area (Å²) in [6.07, 6.45) is 4.62. The van der Waals surface area contributed by atoms with Gasteiger partial charge in [-0.25, -0.2) is 0 Å². The first-order chi connectivity index (χ1) is 13.8. The summed E-state index contributed by atoms with van der Waals surface area (Å²) in [5.41, 5.74) is 2.71. The van der Waals surface area contributed by atoms with Gasteiger partial charge in [-0.2, -0.15) is 0 Å². The molecule has 2 heterocycles. The number of benzene rings is 2. The number of aryl methyl sites for hydroxylation is 1. The van der Waals surface area contributed by atoms with E-state index < -0.39 is 0 Å². The highest BCUT2D eigenvalue weighted by atomic mass is 35.5. The van der Waals surface area contributed by atoms with Gasteiger partial charge in [0.2, 0.25) is 0 Å². The van der Waals surface area contributed by atoms with Gasteiger partial charge in [0.1, 0.15) is 12.4 Å². The summed E-state index contributed by atoms with van der Waals surface area (Å²) in [6, 6.07) is 16.3. The lowest BCUT2D eigenvalue weighted by molar-refractivity contribution is 0.238. The lowest BCUT2D eigenvalue weighted by atomic mass is 10.1. The molecule has 148 valence electrons. The lowest BCUT2D eigenvalue weighted by Gasteiger charge is -2.26. The Hall–Kier alpha value is -2.01. The molecule has 1 N–H and O–H groups in total. The van der Waals surface area contributed by atoms with E-state index >= 15 is 0 Å². The number of piperazine rings is 1. The average molecular weight is 398 g/mol. The molecule has 0 bridgehead atoms. The first kappa shape index (κ1) is 19.3. The Morgan fingerprint density at radius 1 is 0.964 bits per heavy atom. The van der Waals surface area contributed by atoms with Crippen LogP contribution < -0.4 is 10.1 Å². The summed E-state index contributed by atoms with van der Waals surface area (Å²) in [7, 11) is 0. The van der Waals surface area contributed by atoms with E-state index in [4.69, 9.17) is 16.3 Å². The maximum absolute atomic E-state index is 6.19. The first-order valence-corrected chi connectivity index (χ1v) is 10.6. The zero-order chi connectivity index (χ0) is 19.2. The van der Waals surface area contributed by atoms with Gasteiger partial charge in [0.15, 0.2) is 0 Å². The average Bonchev–Trinajstić information content (AvgIpc) is 3.08. The summed E-state index contributed by atoms with van der Waals surface area (Å²) in [5, 5.41) is 5.44. The number of hydrogen-bond acceptors (Lipinski definition) is 3. The van der Waals surface area contributed by atoms with E-state index in [9.17, 15) is 0 Å². The van der Waals surface area contributed by atoms with Crippen LogP contribution in [-0.2, 0) is 13.0 Å². The molecule has 0 unspecified atom stereocenters. The van der Waals surface area contributed by atoms with Crippen LogP contribution in [0.15, 0.2) is 54.7 Å². The highest BCUT2D eigenvalue weighted by Crippen LogP contribution is 2.25. The fourth-order valence-corrected chi connectivity index (χ4v) is 4.14. The smallest absolute Gasteiger partial charge is 0.137 e. The zero-order valence-corrected chi connectivity index (χ0v) is 17.0. The van der Waals surface area contributed by atoms with Gasteiger partial charge in [-0.3, -0.25) is 0 Å². The van der Waals surface area contributed by atoms with E-state index in [1.165, 1.54) is 42.5 Å². The van der Waals surface area contributed by atoms with Crippen molar-refractivity contribution in [1.29, 1.82) is 0 Å². The van der Waals surface area contributed by atoms with Crippen molar-refractivity contribution in [1.82, 2.24) is 14.8 Å². The van der Waals surface area contributed by atoms with Crippen LogP contribution in [0.3, 0.4) is 0 Å². The standard InChI is InChI=1S/C23H28ClN3O/c24-21-8-2-4-10-23(21)28-17-16-27-18-19(20-7-1-3-9-22(20)27)6-5-13-26-14-11-25-12-15-26/h1-4,7-10,18,25H,5-6,11-17H2. The number of nitrogens with zero attached hydrogens (tertiary/aromatic N) is 2. The van der Waals surface area contributed by atoms with Crippen LogP contribution in [0.1, 0.15) is 12.0 Å². The third-order valence-electron chi connectivity index (χ3n) is 5.43. The second kappa shape index (κ2) is 9.46. The van der Waals surface area contributed by atoms with Gasteiger partial charge in [0.25, 0.3) is 0 Å². The summed E-state index contributed by atoms with van der Waals surface area (Å²) < 4.78 is 8.21. The van der Waals surface area contributed by atoms with Crippen LogP contribution in [0.4, 0.5) is 0 Å². The highest BCUT2D eigenvalue weighted by molar-refractivity contribution is 6.32. The molecule has 0 radical (unpaired) electrons. The van der Waals surface area contributed by atoms with E-state index in [2.05, 4.69) is 45.2 Å². The number of halogens is 1. The number of hydrogen-bond donors (Lipinski definition) is 1. The molecular weight excluding hydrogens is 370 g/mol. The molecule has 4 rings (SSSR count). The summed E-state index contributed by atoms with van der Waals surface area (Å²) >= 11 is 6.19. The number of aromatic nitrogens is 1. The predicted octanol–water partition coefficient (Wildman–Crippen LogP) is 4.21. The van der Waals surface area contributed by atoms with E-state index in [1.54, 1.807) is 0 Å². The molecule has 4 nitrogen and oxygen atoms in total. The molecule has 1 fully saturated rings. The van der Waals surface area contributed by atoms with Crippen molar-refractivity contribution in [3.63, 3.8) is 0 Å². The Kier molecular flexibility index (Phi) is 6.53. The number of nitrogens with one attached hydrogen (secondary N) is 1. The Morgan fingerprint density at radius 3 is 2.61 bits per heavy atom. The Labute approximate surface area is 172 Å². The van der Waals surface area contributed by atoms with Crippen LogP contribution in [0.25, 0.3) is 10.9 Å². The Balaban J connectivity index is 1.38. The zero-order valence-electron chi connectivity index (χ0n) is 16.2. The van der Waals surface area contributed by atoms with Gasteiger partial charge in [-0.15, -0.1) is 0 Å². The van der Waals surface area contributed by atoms with Gasteiger partial charge in [-0.05, 0) is 43.1 Å². The summed E-state index contributed by atoms with van der Waals surface area (Å²) in [5.74, 6) is 0.747. The van der Waals surface area contributed by atoms with E-state index in [-0.39, 0.29) is 0 Å². The van der Waals surface area contributed by atoms with Gasteiger partial charge < -0.3 is 19.5 Å². The topological polar surface area (TPSA) is 29.4 Å². The maximum Gasteiger partial charge on any atom is 0.137 e. The minimum absolute atomic E-state index is 0.600. The summed E-state index contributed by atoms with van der Waals surface area (Å²) in [4.78, 5) is 2.56. The number of para-hydroxylation sites is 2. The Bertz CT molecular complexity index is 902. The van der Waals surface area contributed by atoms with E-state index in [0.717, 1.165) is 31.8 Å². The molecule has 0 amide bonds. The molecule has 0 saturated carbocycles. The van der Waals surface area contributed by atoms with Gasteiger partial charge in [0, 0.05) is 43.3 Å². The molecule has 2 aromatic carbocycles. The van der Waals surface area contributed by atoms with Crippen molar-refractivity contribution in [2.45, 2.75) is 19.4 Å². The van der Waals surface area contributed by atoms with Crippen molar-refractivity contribution >= 4 is 22.5 Å². The first-order valence-electron chi connectivity index (χ1n) is 10.2. The van der Waals surface area contributed by atoms with E-state index in [1.807, 2.05) is 24.3 Å². The second-order valence-electron chi connectivity index (χ2n) is 7.34. The molecule has 0 aliphatic carbocycles. The van der Waals surface area contributed by atoms with Gasteiger partial charge >= 0.3 is 0 Å². The lowest BCUT2D eigenvalue weighted by Crippen LogP contribution is -2.43. The second-order valence-corrected chi connectivity index (χ2v) is 7.75. The Morgan fingerprint density at radius 2 is 1.75 bits per heavy atom. The van der Waals surface area contributed by atoms with Crippen molar-refractivity contribution in [3.8, 4) is 5.75 Å².